The van der Waals surface area contributed by atoms with Gasteiger partial charge in [-0.3, -0.25) is 9.55 Å². The van der Waals surface area contributed by atoms with Crippen LogP contribution in [0.15, 0.2) is 85.5 Å². The van der Waals surface area contributed by atoms with Gasteiger partial charge in [0.05, 0.1) is 36.4 Å². The molecule has 0 saturated heterocycles. The Hall–Kier alpha value is -3.91. The van der Waals surface area contributed by atoms with E-state index >= 15 is 0 Å². The van der Waals surface area contributed by atoms with E-state index in [4.69, 9.17) is 10.00 Å². The number of aromatic nitrogens is 3. The molecule has 0 fully saturated rings. The molecule has 0 unspecified atom stereocenters. The van der Waals surface area contributed by atoms with E-state index < -0.39 is 0 Å². The summed E-state index contributed by atoms with van der Waals surface area (Å²) >= 11 is 0. The van der Waals surface area contributed by atoms with E-state index in [0.29, 0.717) is 23.7 Å². The number of hydrogen-bond donors (Lipinski definition) is 0. The second kappa shape index (κ2) is 7.54. The molecule has 0 spiro atoms. The molecule has 0 bridgehead atoms. The molecule has 27 heavy (non-hydrogen) atoms. The molecule has 0 amide bonds. The summed E-state index contributed by atoms with van der Waals surface area (Å²) in [5, 5.41) is 8.87. The van der Waals surface area contributed by atoms with Crippen LogP contribution >= 0.6 is 0 Å². The smallest absolute Gasteiger partial charge is 0.220 e. The summed E-state index contributed by atoms with van der Waals surface area (Å²) in [5.41, 5.74) is 3.74. The second-order valence-electron chi connectivity index (χ2n) is 6.00. The van der Waals surface area contributed by atoms with Gasteiger partial charge in [0.25, 0.3) is 0 Å². The number of ether oxygens (including phenoxy) is 1. The zero-order valence-corrected chi connectivity index (χ0v) is 14.5. The van der Waals surface area contributed by atoms with Crippen LogP contribution in [-0.4, -0.2) is 14.5 Å². The largest absolute Gasteiger partial charge is 0.439 e. The van der Waals surface area contributed by atoms with Crippen molar-refractivity contribution in [3.8, 4) is 28.8 Å². The molecule has 0 aliphatic carbocycles. The molecule has 0 aliphatic rings. The minimum Gasteiger partial charge on any atom is -0.439 e. The fraction of sp³-hybridized carbons (Fsp3) is 0.0455. The van der Waals surface area contributed by atoms with Crippen LogP contribution in [0.2, 0.25) is 0 Å². The molecule has 0 N–H and O–H groups in total. The first-order valence-electron chi connectivity index (χ1n) is 8.50. The first kappa shape index (κ1) is 16.6. The third-order valence-electron chi connectivity index (χ3n) is 4.14. The van der Waals surface area contributed by atoms with Crippen molar-refractivity contribution in [1.82, 2.24) is 14.5 Å². The lowest BCUT2D eigenvalue weighted by atomic mass is 10.1. The molecule has 5 nitrogen and oxygen atoms in total. The Morgan fingerprint density at radius 1 is 0.889 bits per heavy atom. The van der Waals surface area contributed by atoms with Crippen LogP contribution in [0.5, 0.6) is 11.6 Å². The van der Waals surface area contributed by atoms with Crippen LogP contribution in [-0.2, 0) is 6.54 Å². The Bertz CT molecular complexity index is 1060. The Labute approximate surface area is 157 Å². The van der Waals surface area contributed by atoms with Crippen molar-refractivity contribution < 1.29 is 4.74 Å². The van der Waals surface area contributed by atoms with Crippen molar-refractivity contribution in [3.63, 3.8) is 0 Å². The first-order valence-corrected chi connectivity index (χ1v) is 8.50. The van der Waals surface area contributed by atoms with Gasteiger partial charge in [-0.2, -0.15) is 5.26 Å². The molecule has 2 heterocycles. The molecule has 2 aromatic carbocycles. The Balaban J connectivity index is 1.49. The van der Waals surface area contributed by atoms with Gasteiger partial charge in [-0.1, -0.05) is 36.4 Å². The van der Waals surface area contributed by atoms with Gasteiger partial charge in [0.1, 0.15) is 5.75 Å². The highest BCUT2D eigenvalue weighted by atomic mass is 16.5. The SMILES string of the molecule is N#Cc1ccc(Oc2cncn2Cc2ccc(-c3ccccc3)cn2)cc1. The number of rotatable bonds is 5. The zero-order chi connectivity index (χ0) is 18.5. The Kier molecular flexibility index (Phi) is 4.62. The number of imidazole rings is 1. The number of nitrogens with zero attached hydrogens (tertiary/aromatic N) is 4. The second-order valence-corrected chi connectivity index (χ2v) is 6.00. The standard InChI is InChI=1S/C22H16N4O/c23-12-17-6-10-21(11-7-17)27-22-14-24-16-26(22)15-20-9-8-19(13-25-20)18-4-2-1-3-5-18/h1-11,13-14,16H,15H2. The maximum Gasteiger partial charge on any atom is 0.220 e. The molecule has 2 aromatic heterocycles. The average molecular weight is 352 g/mol. The number of pyridine rings is 1. The quantitative estimate of drug-likeness (QED) is 0.524. The van der Waals surface area contributed by atoms with E-state index in [9.17, 15) is 0 Å². The fourth-order valence-corrected chi connectivity index (χ4v) is 2.72. The Morgan fingerprint density at radius 2 is 1.70 bits per heavy atom. The minimum absolute atomic E-state index is 0.556. The molecule has 4 aromatic rings. The monoisotopic (exact) mass is 352 g/mol. The van der Waals surface area contributed by atoms with E-state index in [1.807, 2.05) is 35.0 Å². The lowest BCUT2D eigenvalue weighted by Gasteiger charge is -2.10. The molecule has 0 aliphatic heterocycles. The van der Waals surface area contributed by atoms with Crippen LogP contribution in [0.3, 0.4) is 0 Å². The number of benzene rings is 2. The van der Waals surface area contributed by atoms with Gasteiger partial charge in [-0.15, -0.1) is 0 Å². The maximum absolute atomic E-state index is 8.87. The maximum atomic E-state index is 8.87. The van der Waals surface area contributed by atoms with Gasteiger partial charge in [0.15, 0.2) is 0 Å². The van der Waals surface area contributed by atoms with Crippen molar-refractivity contribution in [3.05, 3.63) is 96.7 Å². The number of nitriles is 1. The zero-order valence-electron chi connectivity index (χ0n) is 14.5. The molecule has 0 radical (unpaired) electrons. The highest BCUT2D eigenvalue weighted by Gasteiger charge is 2.07. The van der Waals surface area contributed by atoms with Crippen LogP contribution in [0.4, 0.5) is 0 Å². The van der Waals surface area contributed by atoms with Crippen LogP contribution in [0.1, 0.15) is 11.3 Å². The Morgan fingerprint density at radius 3 is 2.41 bits per heavy atom. The van der Waals surface area contributed by atoms with Gasteiger partial charge >= 0.3 is 0 Å². The molecule has 0 atom stereocenters. The third kappa shape index (κ3) is 3.86. The molecule has 4 rings (SSSR count). The van der Waals surface area contributed by atoms with Crippen molar-refractivity contribution in [2.75, 3.05) is 0 Å². The number of hydrogen-bond acceptors (Lipinski definition) is 4. The summed E-state index contributed by atoms with van der Waals surface area (Å²) < 4.78 is 7.77. The summed E-state index contributed by atoms with van der Waals surface area (Å²) in [7, 11) is 0. The normalized spacial score (nSPS) is 10.3. The van der Waals surface area contributed by atoms with Crippen LogP contribution < -0.4 is 4.74 Å². The predicted molar refractivity (Wildman–Crippen MR) is 102 cm³/mol. The predicted octanol–water partition coefficient (Wildman–Crippen LogP) is 4.66. The minimum atomic E-state index is 0.556. The highest BCUT2D eigenvalue weighted by molar-refractivity contribution is 5.62. The summed E-state index contributed by atoms with van der Waals surface area (Å²) in [6.07, 6.45) is 5.26. The van der Waals surface area contributed by atoms with Crippen LogP contribution in [0.25, 0.3) is 11.1 Å². The molecule has 130 valence electrons. The van der Waals surface area contributed by atoms with Gasteiger partial charge in [0, 0.05) is 11.8 Å². The average Bonchev–Trinajstić information content (AvgIpc) is 3.16. The summed E-state index contributed by atoms with van der Waals surface area (Å²) in [4.78, 5) is 8.73. The fourth-order valence-electron chi connectivity index (χ4n) is 2.72. The lowest BCUT2D eigenvalue weighted by molar-refractivity contribution is 0.435. The van der Waals surface area contributed by atoms with Gasteiger partial charge in [-0.25, -0.2) is 4.98 Å². The van der Waals surface area contributed by atoms with E-state index in [1.54, 1.807) is 36.8 Å². The third-order valence-corrected chi connectivity index (χ3v) is 4.14. The van der Waals surface area contributed by atoms with E-state index in [2.05, 4.69) is 34.2 Å². The van der Waals surface area contributed by atoms with E-state index in [1.165, 1.54) is 0 Å². The molecular formula is C22H16N4O. The van der Waals surface area contributed by atoms with Gasteiger partial charge in [0.2, 0.25) is 5.88 Å². The van der Waals surface area contributed by atoms with Crippen molar-refractivity contribution in [1.29, 1.82) is 5.26 Å². The molecule has 0 saturated carbocycles. The van der Waals surface area contributed by atoms with Gasteiger partial charge < -0.3 is 4.74 Å². The van der Waals surface area contributed by atoms with E-state index in [-0.39, 0.29) is 0 Å². The molecule has 5 heteroatoms. The topological polar surface area (TPSA) is 63.7 Å². The van der Waals surface area contributed by atoms with Crippen molar-refractivity contribution >= 4 is 0 Å². The van der Waals surface area contributed by atoms with Crippen molar-refractivity contribution in [2.24, 2.45) is 0 Å². The van der Waals surface area contributed by atoms with E-state index in [0.717, 1.165) is 16.8 Å². The summed E-state index contributed by atoms with van der Waals surface area (Å²) in [5.74, 6) is 1.27. The van der Waals surface area contributed by atoms with Gasteiger partial charge in [-0.05, 0) is 35.9 Å². The highest BCUT2D eigenvalue weighted by Crippen LogP contribution is 2.23. The summed E-state index contributed by atoms with van der Waals surface area (Å²) in [6, 6.07) is 23.3. The summed E-state index contributed by atoms with van der Waals surface area (Å²) in [6.45, 7) is 0.556. The van der Waals surface area contributed by atoms with Crippen molar-refractivity contribution in [2.45, 2.75) is 6.54 Å². The lowest BCUT2D eigenvalue weighted by Crippen LogP contribution is -2.02. The first-order chi connectivity index (χ1) is 13.3. The van der Waals surface area contributed by atoms with Crippen LogP contribution in [0, 0.1) is 11.3 Å². The molecular weight excluding hydrogens is 336 g/mol.